The molecule has 0 saturated carbocycles. The first-order valence-electron chi connectivity index (χ1n) is 4.75. The van der Waals surface area contributed by atoms with Crippen molar-refractivity contribution in [2.24, 2.45) is 0 Å². The molecule has 0 aromatic carbocycles. The van der Waals surface area contributed by atoms with Gasteiger partial charge in [-0.2, -0.15) is 9.59 Å². The Morgan fingerprint density at radius 3 is 2.07 bits per heavy atom. The molecule has 0 bridgehead atoms. The molecule has 0 aliphatic carbocycles. The van der Waals surface area contributed by atoms with Crippen LogP contribution in [-0.4, -0.2) is 23.9 Å². The SMILES string of the molecule is CC[C@@H](C)NC(=O)OC(C)(C)C.O=C=O. The summed E-state index contributed by atoms with van der Waals surface area (Å²) >= 11 is 0. The lowest BCUT2D eigenvalue weighted by molar-refractivity contribution is -0.191. The molecule has 88 valence electrons. The second-order valence-corrected chi connectivity index (χ2v) is 4.04. The van der Waals surface area contributed by atoms with Gasteiger partial charge in [-0.3, -0.25) is 0 Å². The van der Waals surface area contributed by atoms with E-state index in [1.165, 1.54) is 0 Å². The fraction of sp³-hybridized carbons (Fsp3) is 0.800. The van der Waals surface area contributed by atoms with Crippen LogP contribution in [0.1, 0.15) is 41.0 Å². The minimum atomic E-state index is -0.405. The summed E-state index contributed by atoms with van der Waals surface area (Å²) in [6, 6.07) is 0.180. The smallest absolute Gasteiger partial charge is 0.407 e. The van der Waals surface area contributed by atoms with E-state index in [-0.39, 0.29) is 18.3 Å². The highest BCUT2D eigenvalue weighted by molar-refractivity contribution is 5.67. The molecule has 0 unspecified atom stereocenters. The minimum absolute atomic E-state index is 0.180. The first kappa shape index (κ1) is 16.1. The normalized spacial score (nSPS) is 11.5. The highest BCUT2D eigenvalue weighted by Crippen LogP contribution is 2.06. The predicted molar refractivity (Wildman–Crippen MR) is 54.1 cm³/mol. The Morgan fingerprint density at radius 1 is 1.40 bits per heavy atom. The van der Waals surface area contributed by atoms with Crippen LogP contribution in [0.2, 0.25) is 0 Å². The number of nitrogens with one attached hydrogen (secondary N) is 1. The topological polar surface area (TPSA) is 72.5 Å². The van der Waals surface area contributed by atoms with Crippen LogP contribution in [0.4, 0.5) is 4.79 Å². The first-order valence-corrected chi connectivity index (χ1v) is 4.75. The molecule has 1 atom stereocenters. The Bertz CT molecular complexity index is 214. The maximum Gasteiger partial charge on any atom is 0.407 e. The molecule has 15 heavy (non-hydrogen) atoms. The number of alkyl carbamates (subject to hydrolysis) is 1. The first-order chi connectivity index (χ1) is 6.76. The Balaban J connectivity index is 0. The Hall–Kier alpha value is -1.35. The van der Waals surface area contributed by atoms with Crippen LogP contribution >= 0.6 is 0 Å². The molecule has 0 rings (SSSR count). The Morgan fingerprint density at radius 2 is 1.80 bits per heavy atom. The summed E-state index contributed by atoms with van der Waals surface area (Å²) in [4.78, 5) is 27.3. The second kappa shape index (κ2) is 8.00. The monoisotopic (exact) mass is 217 g/mol. The highest BCUT2D eigenvalue weighted by Gasteiger charge is 2.16. The molecule has 5 heteroatoms. The zero-order valence-corrected chi connectivity index (χ0v) is 9.92. The molecule has 5 nitrogen and oxygen atoms in total. The van der Waals surface area contributed by atoms with Gasteiger partial charge >= 0.3 is 12.2 Å². The molecule has 0 radical (unpaired) electrons. The van der Waals surface area contributed by atoms with E-state index in [9.17, 15) is 4.79 Å². The Kier molecular flexibility index (Phi) is 8.58. The molecule has 0 aromatic heterocycles. The van der Waals surface area contributed by atoms with Crippen LogP contribution in [0, 0.1) is 0 Å². The van der Waals surface area contributed by atoms with Gasteiger partial charge < -0.3 is 10.1 Å². The summed E-state index contributed by atoms with van der Waals surface area (Å²) in [5.41, 5.74) is -0.405. The van der Waals surface area contributed by atoms with Crippen molar-refractivity contribution in [3.05, 3.63) is 0 Å². The summed E-state index contributed by atoms with van der Waals surface area (Å²) < 4.78 is 5.06. The van der Waals surface area contributed by atoms with Gasteiger partial charge in [0.1, 0.15) is 5.60 Å². The summed E-state index contributed by atoms with van der Waals surface area (Å²) in [5.74, 6) is 0. The third-order valence-electron chi connectivity index (χ3n) is 1.38. The largest absolute Gasteiger partial charge is 0.444 e. The van der Waals surface area contributed by atoms with E-state index in [1.807, 2.05) is 34.6 Å². The molecule has 0 aliphatic rings. The lowest BCUT2D eigenvalue weighted by atomic mass is 10.2. The third-order valence-corrected chi connectivity index (χ3v) is 1.38. The van der Waals surface area contributed by atoms with Crippen molar-refractivity contribution in [2.75, 3.05) is 0 Å². The van der Waals surface area contributed by atoms with Crippen molar-refractivity contribution in [1.29, 1.82) is 0 Å². The van der Waals surface area contributed by atoms with Crippen LogP contribution in [0.5, 0.6) is 0 Å². The number of carbonyl (C=O) groups excluding carboxylic acids is 3. The average molecular weight is 217 g/mol. The molecule has 0 spiro atoms. The van der Waals surface area contributed by atoms with Crippen LogP contribution in [0.3, 0.4) is 0 Å². The maximum absolute atomic E-state index is 11.1. The maximum atomic E-state index is 11.1. The van der Waals surface area contributed by atoms with Crippen molar-refractivity contribution >= 4 is 12.2 Å². The minimum Gasteiger partial charge on any atom is -0.444 e. The Labute approximate surface area is 90.2 Å². The standard InChI is InChI=1S/C9H19NO2.CO2/c1-6-7(2)10-8(11)12-9(3,4)5;2-1-3/h7H,6H2,1-5H3,(H,10,11);/t7-;/m1./s1. The number of rotatable bonds is 2. The van der Waals surface area contributed by atoms with Crippen LogP contribution < -0.4 is 5.32 Å². The van der Waals surface area contributed by atoms with Gasteiger partial charge in [0, 0.05) is 6.04 Å². The van der Waals surface area contributed by atoms with Gasteiger partial charge in [0.05, 0.1) is 0 Å². The molecule has 0 fully saturated rings. The van der Waals surface area contributed by atoms with Gasteiger partial charge in [0.15, 0.2) is 0 Å². The number of hydrogen-bond acceptors (Lipinski definition) is 4. The van der Waals surface area contributed by atoms with E-state index < -0.39 is 5.60 Å². The number of amides is 1. The van der Waals surface area contributed by atoms with Gasteiger partial charge in [-0.15, -0.1) is 0 Å². The van der Waals surface area contributed by atoms with Gasteiger partial charge in [-0.25, -0.2) is 4.79 Å². The molecule has 1 amide bonds. The molecular weight excluding hydrogens is 198 g/mol. The van der Waals surface area contributed by atoms with Crippen molar-refractivity contribution in [3.63, 3.8) is 0 Å². The molecule has 0 heterocycles. The second-order valence-electron chi connectivity index (χ2n) is 4.04. The lowest BCUT2D eigenvalue weighted by Gasteiger charge is -2.21. The van der Waals surface area contributed by atoms with Gasteiger partial charge in [0.25, 0.3) is 0 Å². The van der Waals surface area contributed by atoms with Gasteiger partial charge in [0.2, 0.25) is 0 Å². The van der Waals surface area contributed by atoms with Crippen molar-refractivity contribution in [2.45, 2.75) is 52.7 Å². The summed E-state index contributed by atoms with van der Waals surface area (Å²) in [7, 11) is 0. The average Bonchev–Trinajstić information content (AvgIpc) is 2.01. The number of ether oxygens (including phenoxy) is 1. The van der Waals surface area contributed by atoms with Crippen LogP contribution in [0.15, 0.2) is 0 Å². The van der Waals surface area contributed by atoms with Crippen molar-refractivity contribution < 1.29 is 19.1 Å². The molecular formula is C10H19NO4. The van der Waals surface area contributed by atoms with Gasteiger partial charge in [-0.05, 0) is 34.1 Å². The van der Waals surface area contributed by atoms with Crippen molar-refractivity contribution in [3.8, 4) is 0 Å². The van der Waals surface area contributed by atoms with Crippen LogP contribution in [0.25, 0.3) is 0 Å². The number of carbonyl (C=O) groups is 1. The van der Waals surface area contributed by atoms with E-state index in [0.29, 0.717) is 0 Å². The summed E-state index contributed by atoms with van der Waals surface area (Å²) in [6.45, 7) is 9.52. The van der Waals surface area contributed by atoms with Crippen molar-refractivity contribution in [1.82, 2.24) is 5.32 Å². The molecule has 0 aliphatic heterocycles. The summed E-state index contributed by atoms with van der Waals surface area (Å²) in [6.07, 6.45) is 0.830. The van der Waals surface area contributed by atoms with Gasteiger partial charge in [-0.1, -0.05) is 6.92 Å². The van der Waals surface area contributed by atoms with E-state index in [4.69, 9.17) is 14.3 Å². The van der Waals surface area contributed by atoms with E-state index in [0.717, 1.165) is 6.42 Å². The highest BCUT2D eigenvalue weighted by atomic mass is 16.6. The lowest BCUT2D eigenvalue weighted by Crippen LogP contribution is -2.37. The third kappa shape index (κ3) is 15.4. The van der Waals surface area contributed by atoms with E-state index in [1.54, 1.807) is 0 Å². The molecule has 0 aromatic rings. The fourth-order valence-electron chi connectivity index (χ4n) is 0.611. The number of hydrogen-bond donors (Lipinski definition) is 1. The molecule has 1 N–H and O–H groups in total. The fourth-order valence-corrected chi connectivity index (χ4v) is 0.611. The van der Waals surface area contributed by atoms with Crippen LogP contribution in [-0.2, 0) is 14.3 Å². The quantitative estimate of drug-likeness (QED) is 0.764. The zero-order valence-electron chi connectivity index (χ0n) is 9.92. The summed E-state index contributed by atoms with van der Waals surface area (Å²) in [5, 5.41) is 2.72. The zero-order chi connectivity index (χ0) is 12.5. The predicted octanol–water partition coefficient (Wildman–Crippen LogP) is 1.73. The van der Waals surface area contributed by atoms with E-state index in [2.05, 4.69) is 5.32 Å². The van der Waals surface area contributed by atoms with E-state index >= 15 is 0 Å². The molecule has 0 saturated heterocycles.